The fraction of sp³-hybridized carbons (Fsp3) is 1.00. The van der Waals surface area contributed by atoms with Gasteiger partial charge in [-0.15, -0.1) is 0 Å². The number of rotatable bonds is 2. The van der Waals surface area contributed by atoms with Crippen LogP contribution in [0, 0.1) is 0 Å². The lowest BCUT2D eigenvalue weighted by atomic mass is 9.96. The molecule has 1 nitrogen and oxygen atoms in total. The van der Waals surface area contributed by atoms with Gasteiger partial charge >= 0.3 is 6.18 Å². The van der Waals surface area contributed by atoms with Gasteiger partial charge in [0.05, 0.1) is 0 Å². The molecule has 0 aliphatic carbocycles. The van der Waals surface area contributed by atoms with Gasteiger partial charge in [0.25, 0.3) is 12.1 Å². The van der Waals surface area contributed by atoms with E-state index in [9.17, 15) is 26.3 Å². The molecule has 0 aromatic heterocycles. The van der Waals surface area contributed by atoms with Gasteiger partial charge in [0, 0.05) is 6.61 Å². The second kappa shape index (κ2) is 3.60. The van der Waals surface area contributed by atoms with Crippen molar-refractivity contribution in [1.29, 1.82) is 0 Å². The standard InChI is InChI=1S/C7H8F6O/c8-5(9)6(10,7(11,12)13)4-2-1-3-14-4/h4-5H,1-3H2. The molecule has 84 valence electrons. The van der Waals surface area contributed by atoms with Gasteiger partial charge in [-0.2, -0.15) is 13.2 Å². The maximum Gasteiger partial charge on any atom is 0.430 e. The number of hydrogen-bond acceptors (Lipinski definition) is 1. The molecule has 1 aliphatic rings. The summed E-state index contributed by atoms with van der Waals surface area (Å²) in [6.07, 6.45) is -12.0. The monoisotopic (exact) mass is 222 g/mol. The molecule has 0 aromatic carbocycles. The lowest BCUT2D eigenvalue weighted by Gasteiger charge is -2.31. The van der Waals surface area contributed by atoms with Crippen LogP contribution in [0.5, 0.6) is 0 Å². The van der Waals surface area contributed by atoms with Gasteiger partial charge in [-0.05, 0) is 12.8 Å². The Morgan fingerprint density at radius 1 is 1.14 bits per heavy atom. The topological polar surface area (TPSA) is 9.23 Å². The van der Waals surface area contributed by atoms with Crippen LogP contribution < -0.4 is 0 Å². The van der Waals surface area contributed by atoms with E-state index in [4.69, 9.17) is 0 Å². The first-order valence-electron chi connectivity index (χ1n) is 3.95. The second-order valence-corrected chi connectivity index (χ2v) is 3.07. The third-order valence-electron chi connectivity index (χ3n) is 2.15. The Morgan fingerprint density at radius 2 is 1.71 bits per heavy atom. The van der Waals surface area contributed by atoms with Crippen LogP contribution >= 0.6 is 0 Å². The normalized spacial score (nSPS) is 28.1. The highest BCUT2D eigenvalue weighted by molar-refractivity contribution is 4.98. The van der Waals surface area contributed by atoms with E-state index in [-0.39, 0.29) is 19.4 Å². The molecule has 0 radical (unpaired) electrons. The van der Waals surface area contributed by atoms with Crippen molar-refractivity contribution in [2.45, 2.75) is 37.2 Å². The van der Waals surface area contributed by atoms with Crippen molar-refractivity contribution in [1.82, 2.24) is 0 Å². The first kappa shape index (κ1) is 11.6. The average molecular weight is 222 g/mol. The van der Waals surface area contributed by atoms with Gasteiger partial charge < -0.3 is 4.74 Å². The molecule has 14 heavy (non-hydrogen) atoms. The van der Waals surface area contributed by atoms with E-state index in [1.807, 2.05) is 0 Å². The largest absolute Gasteiger partial charge is 0.430 e. The summed E-state index contributed by atoms with van der Waals surface area (Å²) in [5, 5.41) is 0. The smallest absolute Gasteiger partial charge is 0.374 e. The van der Waals surface area contributed by atoms with E-state index >= 15 is 0 Å². The molecule has 0 N–H and O–H groups in total. The van der Waals surface area contributed by atoms with Crippen molar-refractivity contribution in [2.24, 2.45) is 0 Å². The predicted molar refractivity (Wildman–Crippen MR) is 34.9 cm³/mol. The third-order valence-corrected chi connectivity index (χ3v) is 2.15. The van der Waals surface area contributed by atoms with E-state index in [0.29, 0.717) is 0 Å². The van der Waals surface area contributed by atoms with Crippen molar-refractivity contribution in [3.05, 3.63) is 0 Å². The third kappa shape index (κ3) is 1.69. The molecular weight excluding hydrogens is 214 g/mol. The van der Waals surface area contributed by atoms with Crippen molar-refractivity contribution in [3.8, 4) is 0 Å². The highest BCUT2D eigenvalue weighted by Gasteiger charge is 2.68. The van der Waals surface area contributed by atoms with Gasteiger partial charge in [0.2, 0.25) is 0 Å². The Morgan fingerprint density at radius 3 is 2.00 bits per heavy atom. The SMILES string of the molecule is FC(F)C(F)(C1CCCO1)C(F)(F)F. The fourth-order valence-electron chi connectivity index (χ4n) is 1.36. The lowest BCUT2D eigenvalue weighted by Crippen LogP contribution is -2.55. The molecule has 0 saturated carbocycles. The molecule has 1 aliphatic heterocycles. The summed E-state index contributed by atoms with van der Waals surface area (Å²) in [5.41, 5.74) is -4.54. The number of hydrogen-bond donors (Lipinski definition) is 0. The van der Waals surface area contributed by atoms with Gasteiger partial charge in [0.1, 0.15) is 6.10 Å². The van der Waals surface area contributed by atoms with Crippen molar-refractivity contribution < 1.29 is 31.1 Å². The van der Waals surface area contributed by atoms with Gasteiger partial charge in [0.15, 0.2) is 0 Å². The first-order chi connectivity index (χ1) is 6.30. The molecule has 2 atom stereocenters. The maximum absolute atomic E-state index is 13.1. The Hall–Kier alpha value is -0.460. The molecule has 1 rings (SSSR count). The second-order valence-electron chi connectivity index (χ2n) is 3.07. The van der Waals surface area contributed by atoms with Crippen molar-refractivity contribution in [3.63, 3.8) is 0 Å². The van der Waals surface area contributed by atoms with Gasteiger partial charge in [-0.25, -0.2) is 13.2 Å². The Kier molecular flexibility index (Phi) is 2.99. The quantitative estimate of drug-likeness (QED) is 0.652. The summed E-state index contributed by atoms with van der Waals surface area (Å²) in [7, 11) is 0. The summed E-state index contributed by atoms with van der Waals surface area (Å²) in [6.45, 7) is -0.112. The number of halogens is 6. The lowest BCUT2D eigenvalue weighted by molar-refractivity contribution is -0.297. The van der Waals surface area contributed by atoms with Gasteiger partial charge in [-0.1, -0.05) is 0 Å². The van der Waals surface area contributed by atoms with E-state index in [0.717, 1.165) is 0 Å². The molecule has 1 fully saturated rings. The molecule has 1 heterocycles. The van der Waals surface area contributed by atoms with Crippen molar-refractivity contribution >= 4 is 0 Å². The summed E-state index contributed by atoms with van der Waals surface area (Å²) in [4.78, 5) is 0. The summed E-state index contributed by atoms with van der Waals surface area (Å²) < 4.78 is 77.8. The first-order valence-corrected chi connectivity index (χ1v) is 3.95. The number of ether oxygens (including phenoxy) is 1. The minimum absolute atomic E-state index is 0.112. The molecule has 0 bridgehead atoms. The molecule has 0 amide bonds. The van der Waals surface area contributed by atoms with E-state index < -0.39 is 24.4 Å². The van der Waals surface area contributed by atoms with E-state index in [2.05, 4.69) is 4.74 Å². The van der Waals surface area contributed by atoms with Crippen molar-refractivity contribution in [2.75, 3.05) is 6.61 Å². The predicted octanol–water partition coefficient (Wildman–Crippen LogP) is 2.70. The van der Waals surface area contributed by atoms with Crippen LogP contribution in [0.1, 0.15) is 12.8 Å². The van der Waals surface area contributed by atoms with E-state index in [1.165, 1.54) is 0 Å². The molecule has 0 aromatic rings. The van der Waals surface area contributed by atoms with Crippen LogP contribution in [0.25, 0.3) is 0 Å². The highest BCUT2D eigenvalue weighted by atomic mass is 19.4. The van der Waals surface area contributed by atoms with Crippen LogP contribution in [-0.2, 0) is 4.74 Å². The zero-order valence-electron chi connectivity index (χ0n) is 6.95. The molecule has 2 unspecified atom stereocenters. The molecule has 0 spiro atoms. The Balaban J connectivity index is 2.91. The minimum atomic E-state index is -5.60. The minimum Gasteiger partial charge on any atom is -0.374 e. The van der Waals surface area contributed by atoms with Crippen LogP contribution in [0.4, 0.5) is 26.3 Å². The molecule has 1 saturated heterocycles. The average Bonchev–Trinajstić information content (AvgIpc) is 2.52. The summed E-state index contributed by atoms with van der Waals surface area (Å²) in [6, 6.07) is 0. The van der Waals surface area contributed by atoms with E-state index in [1.54, 1.807) is 0 Å². The Bertz CT molecular complexity index is 197. The van der Waals surface area contributed by atoms with Gasteiger partial charge in [-0.3, -0.25) is 0 Å². The highest BCUT2D eigenvalue weighted by Crippen LogP contribution is 2.45. The van der Waals surface area contributed by atoms with Crippen LogP contribution in [0.2, 0.25) is 0 Å². The summed E-state index contributed by atoms with van der Waals surface area (Å²) >= 11 is 0. The summed E-state index contributed by atoms with van der Waals surface area (Å²) in [5.74, 6) is 0. The Labute approximate surface area is 76.0 Å². The zero-order chi connectivity index (χ0) is 11.0. The fourth-order valence-corrected chi connectivity index (χ4v) is 1.36. The maximum atomic E-state index is 13.1. The zero-order valence-corrected chi connectivity index (χ0v) is 6.95. The molecular formula is C7H8F6O. The van der Waals surface area contributed by atoms with Crippen LogP contribution in [0.15, 0.2) is 0 Å². The van der Waals surface area contributed by atoms with Crippen LogP contribution in [-0.4, -0.2) is 31.0 Å². The number of alkyl halides is 6. The van der Waals surface area contributed by atoms with Crippen LogP contribution in [0.3, 0.4) is 0 Å². The molecule has 7 heteroatoms.